The summed E-state index contributed by atoms with van der Waals surface area (Å²) < 4.78 is 5.42. The first-order valence-corrected chi connectivity index (χ1v) is 7.22. The first-order chi connectivity index (χ1) is 9.16. The number of furan rings is 1. The van der Waals surface area contributed by atoms with Crippen molar-refractivity contribution in [3.8, 4) is 0 Å². The van der Waals surface area contributed by atoms with Crippen LogP contribution in [0.3, 0.4) is 0 Å². The molecular weight excluding hydrogens is 260 g/mol. The molecule has 1 atom stereocenters. The molecule has 1 amide bonds. The van der Waals surface area contributed by atoms with Crippen molar-refractivity contribution in [1.82, 2.24) is 5.32 Å². The van der Waals surface area contributed by atoms with Gasteiger partial charge in [-0.25, -0.2) is 0 Å². The van der Waals surface area contributed by atoms with E-state index in [0.29, 0.717) is 13.0 Å². The number of thiophene rings is 1. The second-order valence-corrected chi connectivity index (χ2v) is 5.54. The maximum atomic E-state index is 11.9. The van der Waals surface area contributed by atoms with Gasteiger partial charge in [0.2, 0.25) is 5.91 Å². The Morgan fingerprint density at radius 2 is 2.32 bits per heavy atom. The lowest BCUT2D eigenvalue weighted by Crippen LogP contribution is -3.07. The number of nitrogens with one attached hydrogen (secondary N) is 2. The minimum Gasteiger partial charge on any atom is -0.463 e. The van der Waals surface area contributed by atoms with Crippen LogP contribution >= 0.6 is 11.3 Å². The Balaban J connectivity index is 1.87. The zero-order valence-electron chi connectivity index (χ0n) is 11.2. The van der Waals surface area contributed by atoms with Crippen molar-refractivity contribution in [3.63, 3.8) is 0 Å². The summed E-state index contributed by atoms with van der Waals surface area (Å²) in [5, 5.41) is 6.96. The van der Waals surface area contributed by atoms with Gasteiger partial charge in [0.15, 0.2) is 11.8 Å². The fourth-order valence-electron chi connectivity index (χ4n) is 1.94. The summed E-state index contributed by atoms with van der Waals surface area (Å²) in [6, 6.07) is 5.94. The summed E-state index contributed by atoms with van der Waals surface area (Å²) in [5.41, 5.74) is 1.06. The molecule has 0 unspecified atom stereocenters. The standard InChI is InChI=1S/C14H18N2O2S/c1-16(2)12(13-4-3-6-18-13)9-15-14(17)8-11-5-7-19-10-11/h3-7,10,12H,8-9H2,1-2H3,(H,15,17)/p+1/t12-/m1/s1. The van der Waals surface area contributed by atoms with Crippen LogP contribution in [-0.4, -0.2) is 26.5 Å². The fourth-order valence-corrected chi connectivity index (χ4v) is 2.60. The SMILES string of the molecule is C[NH+](C)[C@H](CNC(=O)Cc1ccsc1)c1ccco1. The second-order valence-electron chi connectivity index (χ2n) is 4.76. The highest BCUT2D eigenvalue weighted by atomic mass is 32.1. The predicted molar refractivity (Wildman–Crippen MR) is 75.3 cm³/mol. The van der Waals surface area contributed by atoms with E-state index in [1.807, 2.05) is 29.0 Å². The molecule has 5 heteroatoms. The summed E-state index contributed by atoms with van der Waals surface area (Å²) in [6.45, 7) is 0.582. The van der Waals surface area contributed by atoms with Crippen molar-refractivity contribution < 1.29 is 14.1 Å². The third-order valence-corrected chi connectivity index (χ3v) is 3.76. The average Bonchev–Trinajstić information content (AvgIpc) is 3.01. The van der Waals surface area contributed by atoms with Crippen LogP contribution in [0.4, 0.5) is 0 Å². The molecule has 2 aromatic heterocycles. The Bertz CT molecular complexity index is 492. The molecule has 0 aromatic carbocycles. The van der Waals surface area contributed by atoms with E-state index in [4.69, 9.17) is 4.42 Å². The van der Waals surface area contributed by atoms with Crippen LogP contribution in [0, 0.1) is 0 Å². The molecule has 0 radical (unpaired) electrons. The molecule has 0 aliphatic carbocycles. The number of carbonyl (C=O) groups is 1. The van der Waals surface area contributed by atoms with Gasteiger partial charge in [0.25, 0.3) is 0 Å². The van der Waals surface area contributed by atoms with Gasteiger partial charge in [0.1, 0.15) is 0 Å². The van der Waals surface area contributed by atoms with Crippen LogP contribution in [0.2, 0.25) is 0 Å². The molecule has 0 fully saturated rings. The normalized spacial score (nSPS) is 12.6. The minimum absolute atomic E-state index is 0.0520. The van der Waals surface area contributed by atoms with Gasteiger partial charge < -0.3 is 14.6 Å². The number of amides is 1. The Labute approximate surface area is 117 Å². The number of likely N-dealkylation sites (N-methyl/N-ethyl adjacent to an activating group) is 1. The zero-order chi connectivity index (χ0) is 13.7. The van der Waals surface area contributed by atoms with Crippen molar-refractivity contribution in [1.29, 1.82) is 0 Å². The van der Waals surface area contributed by atoms with Gasteiger partial charge in [-0.3, -0.25) is 4.79 Å². The molecule has 0 saturated heterocycles. The highest BCUT2D eigenvalue weighted by molar-refractivity contribution is 7.07. The molecule has 0 aliphatic rings. The van der Waals surface area contributed by atoms with Crippen LogP contribution < -0.4 is 10.2 Å². The number of hydrogen-bond donors (Lipinski definition) is 2. The lowest BCUT2D eigenvalue weighted by Gasteiger charge is -2.19. The molecule has 0 spiro atoms. The largest absolute Gasteiger partial charge is 0.463 e. The molecule has 2 heterocycles. The van der Waals surface area contributed by atoms with Gasteiger partial charge in [0.05, 0.1) is 33.3 Å². The van der Waals surface area contributed by atoms with E-state index in [2.05, 4.69) is 19.4 Å². The van der Waals surface area contributed by atoms with Gasteiger partial charge in [-0.2, -0.15) is 11.3 Å². The molecule has 19 heavy (non-hydrogen) atoms. The van der Waals surface area contributed by atoms with Gasteiger partial charge in [0, 0.05) is 0 Å². The Hall–Kier alpha value is -1.59. The number of rotatable bonds is 6. The molecule has 0 saturated carbocycles. The minimum atomic E-state index is 0.0520. The summed E-state index contributed by atoms with van der Waals surface area (Å²) >= 11 is 1.61. The van der Waals surface area contributed by atoms with E-state index >= 15 is 0 Å². The summed E-state index contributed by atoms with van der Waals surface area (Å²) in [5.74, 6) is 0.951. The molecule has 2 rings (SSSR count). The van der Waals surface area contributed by atoms with E-state index in [9.17, 15) is 4.79 Å². The first-order valence-electron chi connectivity index (χ1n) is 6.28. The molecule has 2 aromatic rings. The highest BCUT2D eigenvalue weighted by Gasteiger charge is 2.21. The third-order valence-electron chi connectivity index (χ3n) is 3.03. The lowest BCUT2D eigenvalue weighted by atomic mass is 10.2. The summed E-state index contributed by atoms with van der Waals surface area (Å²) in [6.07, 6.45) is 2.11. The number of quaternary nitrogens is 1. The quantitative estimate of drug-likeness (QED) is 0.825. The van der Waals surface area contributed by atoms with Gasteiger partial charge >= 0.3 is 0 Å². The van der Waals surface area contributed by atoms with Gasteiger partial charge in [-0.1, -0.05) is 0 Å². The van der Waals surface area contributed by atoms with Crippen LogP contribution in [0.25, 0.3) is 0 Å². The zero-order valence-corrected chi connectivity index (χ0v) is 12.0. The second kappa shape index (κ2) is 6.54. The Morgan fingerprint density at radius 3 is 2.89 bits per heavy atom. The van der Waals surface area contributed by atoms with Gasteiger partial charge in [-0.15, -0.1) is 0 Å². The average molecular weight is 279 g/mol. The monoisotopic (exact) mass is 279 g/mol. The third kappa shape index (κ3) is 3.94. The summed E-state index contributed by atoms with van der Waals surface area (Å²) in [7, 11) is 4.11. The molecule has 4 nitrogen and oxygen atoms in total. The smallest absolute Gasteiger partial charge is 0.224 e. The maximum Gasteiger partial charge on any atom is 0.224 e. The highest BCUT2D eigenvalue weighted by Crippen LogP contribution is 2.09. The molecular formula is C14H19N2O2S+. The first kappa shape index (κ1) is 13.8. The molecule has 2 N–H and O–H groups in total. The Kier molecular flexibility index (Phi) is 4.76. The van der Waals surface area contributed by atoms with E-state index in [1.165, 1.54) is 4.90 Å². The van der Waals surface area contributed by atoms with Crippen molar-refractivity contribution in [2.24, 2.45) is 0 Å². The molecule has 0 bridgehead atoms. The maximum absolute atomic E-state index is 11.9. The lowest BCUT2D eigenvalue weighted by molar-refractivity contribution is -0.891. The number of carbonyl (C=O) groups excluding carboxylic acids is 1. The molecule has 0 aliphatic heterocycles. The van der Waals surface area contributed by atoms with Crippen molar-refractivity contribution >= 4 is 17.2 Å². The van der Waals surface area contributed by atoms with Gasteiger partial charge in [-0.05, 0) is 34.5 Å². The van der Waals surface area contributed by atoms with Crippen molar-refractivity contribution in [2.75, 3.05) is 20.6 Å². The molecule has 102 valence electrons. The fraction of sp³-hybridized carbons (Fsp3) is 0.357. The summed E-state index contributed by atoms with van der Waals surface area (Å²) in [4.78, 5) is 13.1. The van der Waals surface area contributed by atoms with E-state index < -0.39 is 0 Å². The van der Waals surface area contributed by atoms with Crippen LogP contribution in [0.5, 0.6) is 0 Å². The number of hydrogen-bond acceptors (Lipinski definition) is 3. The van der Waals surface area contributed by atoms with E-state index in [0.717, 1.165) is 11.3 Å². The topological polar surface area (TPSA) is 46.7 Å². The van der Waals surface area contributed by atoms with Crippen molar-refractivity contribution in [2.45, 2.75) is 12.5 Å². The van der Waals surface area contributed by atoms with E-state index in [-0.39, 0.29) is 11.9 Å². The predicted octanol–water partition coefficient (Wildman–Crippen LogP) is 0.886. The van der Waals surface area contributed by atoms with Crippen LogP contribution in [0.15, 0.2) is 39.6 Å². The van der Waals surface area contributed by atoms with E-state index in [1.54, 1.807) is 17.6 Å². The van der Waals surface area contributed by atoms with Crippen LogP contribution in [-0.2, 0) is 11.2 Å². The Morgan fingerprint density at radius 1 is 1.47 bits per heavy atom. The van der Waals surface area contributed by atoms with Crippen LogP contribution in [0.1, 0.15) is 17.4 Å². The van der Waals surface area contributed by atoms with Crippen molar-refractivity contribution in [3.05, 3.63) is 46.5 Å².